The molecule has 1 saturated heterocycles. The number of carbonyl (C=O) groups is 1. The Morgan fingerprint density at radius 1 is 1.24 bits per heavy atom. The standard InChI is InChI=1S/C23H29Cl2N3O/c1-23(2,3)22(29)27-21(19-11-4-5-12-26-19)17-9-7-13-28(15-17)14-16-8-6-10-18(24)20(16)25/h4-6,8,10-12,17,21H,7,9,13-15H2,1-3H3,(H,27,29)/t17-,21+/m1/s1. The van der Waals surface area contributed by atoms with Crippen molar-refractivity contribution >= 4 is 29.1 Å². The third kappa shape index (κ3) is 5.71. The van der Waals surface area contributed by atoms with Crippen molar-refractivity contribution in [3.8, 4) is 0 Å². The zero-order valence-electron chi connectivity index (χ0n) is 17.3. The maximum absolute atomic E-state index is 12.8. The van der Waals surface area contributed by atoms with Crippen LogP contribution in [0.2, 0.25) is 10.0 Å². The molecular formula is C23H29Cl2N3O. The van der Waals surface area contributed by atoms with E-state index in [4.69, 9.17) is 23.2 Å². The van der Waals surface area contributed by atoms with E-state index in [0.29, 0.717) is 10.0 Å². The molecule has 4 nitrogen and oxygen atoms in total. The van der Waals surface area contributed by atoms with Crippen LogP contribution in [0.15, 0.2) is 42.6 Å². The van der Waals surface area contributed by atoms with Crippen molar-refractivity contribution in [1.82, 2.24) is 15.2 Å². The first-order chi connectivity index (χ1) is 13.8. The highest BCUT2D eigenvalue weighted by atomic mass is 35.5. The molecule has 1 aromatic carbocycles. The lowest BCUT2D eigenvalue weighted by molar-refractivity contribution is -0.130. The van der Waals surface area contributed by atoms with Gasteiger partial charge >= 0.3 is 0 Å². The van der Waals surface area contributed by atoms with Crippen LogP contribution in [0.25, 0.3) is 0 Å². The van der Waals surface area contributed by atoms with Gasteiger partial charge in [0, 0.05) is 24.7 Å². The molecular weight excluding hydrogens is 405 g/mol. The van der Waals surface area contributed by atoms with Crippen LogP contribution in [0, 0.1) is 11.3 Å². The number of pyridine rings is 1. The molecule has 1 amide bonds. The van der Waals surface area contributed by atoms with Crippen LogP contribution in [0.4, 0.5) is 0 Å². The maximum Gasteiger partial charge on any atom is 0.225 e. The number of rotatable bonds is 5. The Balaban J connectivity index is 1.78. The lowest BCUT2D eigenvalue weighted by atomic mass is 9.86. The van der Waals surface area contributed by atoms with Crippen molar-refractivity contribution in [2.24, 2.45) is 11.3 Å². The van der Waals surface area contributed by atoms with Crippen LogP contribution in [-0.2, 0) is 11.3 Å². The molecule has 29 heavy (non-hydrogen) atoms. The van der Waals surface area contributed by atoms with Crippen LogP contribution >= 0.6 is 23.2 Å². The molecule has 0 saturated carbocycles. The normalized spacial score (nSPS) is 19.0. The fourth-order valence-corrected chi connectivity index (χ4v) is 4.15. The minimum absolute atomic E-state index is 0.0446. The summed E-state index contributed by atoms with van der Waals surface area (Å²) in [7, 11) is 0. The Bertz CT molecular complexity index is 836. The second kappa shape index (κ2) is 9.46. The van der Waals surface area contributed by atoms with Crippen molar-refractivity contribution in [1.29, 1.82) is 0 Å². The van der Waals surface area contributed by atoms with E-state index in [1.807, 2.05) is 57.2 Å². The van der Waals surface area contributed by atoms with Gasteiger partial charge in [-0.05, 0) is 49.1 Å². The molecule has 1 fully saturated rings. The lowest BCUT2D eigenvalue weighted by Gasteiger charge is -2.38. The summed E-state index contributed by atoms with van der Waals surface area (Å²) < 4.78 is 0. The van der Waals surface area contributed by atoms with E-state index in [0.717, 1.165) is 43.7 Å². The average molecular weight is 434 g/mol. The highest BCUT2D eigenvalue weighted by molar-refractivity contribution is 6.42. The molecule has 1 aliphatic heterocycles. The summed E-state index contributed by atoms with van der Waals surface area (Å²) in [6.45, 7) is 8.43. The van der Waals surface area contributed by atoms with Gasteiger partial charge in [-0.3, -0.25) is 14.7 Å². The molecule has 0 bridgehead atoms. The fourth-order valence-electron chi connectivity index (χ4n) is 3.77. The van der Waals surface area contributed by atoms with Gasteiger partial charge in [0.05, 0.1) is 21.8 Å². The first-order valence-electron chi connectivity index (χ1n) is 10.1. The van der Waals surface area contributed by atoms with Gasteiger partial charge in [-0.25, -0.2) is 0 Å². The van der Waals surface area contributed by atoms with E-state index in [2.05, 4.69) is 15.2 Å². The second-order valence-corrected chi connectivity index (χ2v) is 9.59. The molecule has 0 aliphatic carbocycles. The Morgan fingerprint density at radius 3 is 2.72 bits per heavy atom. The molecule has 2 atom stereocenters. The topological polar surface area (TPSA) is 45.2 Å². The number of nitrogens with one attached hydrogen (secondary N) is 1. The molecule has 1 aliphatic rings. The van der Waals surface area contributed by atoms with Crippen LogP contribution in [0.5, 0.6) is 0 Å². The van der Waals surface area contributed by atoms with Crippen molar-refractivity contribution in [3.63, 3.8) is 0 Å². The fraction of sp³-hybridized carbons (Fsp3) is 0.478. The van der Waals surface area contributed by atoms with Crippen molar-refractivity contribution in [2.75, 3.05) is 13.1 Å². The SMILES string of the molecule is CC(C)(C)C(=O)N[C@H](c1ccccn1)[C@@H]1CCCN(Cc2cccc(Cl)c2Cl)C1. The van der Waals surface area contributed by atoms with Crippen LogP contribution in [0.3, 0.4) is 0 Å². The Kier molecular flexibility index (Phi) is 7.20. The molecule has 0 radical (unpaired) electrons. The number of nitrogens with zero attached hydrogens (tertiary/aromatic N) is 2. The van der Waals surface area contributed by atoms with E-state index in [1.54, 1.807) is 6.20 Å². The summed E-state index contributed by atoms with van der Waals surface area (Å²) in [4.78, 5) is 19.7. The van der Waals surface area contributed by atoms with Gasteiger partial charge in [-0.2, -0.15) is 0 Å². The average Bonchev–Trinajstić information content (AvgIpc) is 2.69. The van der Waals surface area contributed by atoms with Gasteiger partial charge in [0.25, 0.3) is 0 Å². The molecule has 156 valence electrons. The predicted octanol–water partition coefficient (Wildman–Crippen LogP) is 5.50. The summed E-state index contributed by atoms with van der Waals surface area (Å²) in [6.07, 6.45) is 3.90. The monoisotopic (exact) mass is 433 g/mol. The van der Waals surface area contributed by atoms with E-state index in [1.165, 1.54) is 0 Å². The smallest absolute Gasteiger partial charge is 0.225 e. The second-order valence-electron chi connectivity index (χ2n) is 8.81. The molecule has 1 aromatic heterocycles. The molecule has 2 aromatic rings. The minimum atomic E-state index is -0.449. The number of piperidine rings is 1. The van der Waals surface area contributed by atoms with Crippen LogP contribution in [-0.4, -0.2) is 28.9 Å². The number of hydrogen-bond donors (Lipinski definition) is 1. The lowest BCUT2D eigenvalue weighted by Crippen LogP contribution is -2.45. The van der Waals surface area contributed by atoms with Gasteiger partial charge < -0.3 is 5.32 Å². The number of amides is 1. The van der Waals surface area contributed by atoms with E-state index < -0.39 is 5.41 Å². The molecule has 3 rings (SSSR count). The third-order valence-corrected chi connectivity index (χ3v) is 6.27. The first-order valence-corrected chi connectivity index (χ1v) is 10.9. The molecule has 1 N–H and O–H groups in total. The summed E-state index contributed by atoms with van der Waals surface area (Å²) in [6, 6.07) is 11.5. The number of aromatic nitrogens is 1. The van der Waals surface area contributed by atoms with Gasteiger partial charge in [-0.1, -0.05) is 62.2 Å². The quantitative estimate of drug-likeness (QED) is 0.676. The zero-order valence-corrected chi connectivity index (χ0v) is 18.8. The van der Waals surface area contributed by atoms with E-state index in [-0.39, 0.29) is 17.9 Å². The van der Waals surface area contributed by atoms with Crippen LogP contribution < -0.4 is 5.32 Å². The summed E-state index contributed by atoms with van der Waals surface area (Å²) in [5.41, 5.74) is 1.50. The number of halogens is 2. The maximum atomic E-state index is 12.8. The Hall–Kier alpha value is -1.62. The van der Waals surface area contributed by atoms with Gasteiger partial charge in [-0.15, -0.1) is 0 Å². The van der Waals surface area contributed by atoms with Crippen molar-refractivity contribution in [2.45, 2.75) is 46.2 Å². The number of likely N-dealkylation sites (tertiary alicyclic amines) is 1. The predicted molar refractivity (Wildman–Crippen MR) is 119 cm³/mol. The van der Waals surface area contributed by atoms with Crippen LogP contribution in [0.1, 0.15) is 50.9 Å². The molecule has 0 unspecified atom stereocenters. The molecule has 6 heteroatoms. The van der Waals surface area contributed by atoms with Crippen molar-refractivity contribution < 1.29 is 4.79 Å². The number of hydrogen-bond acceptors (Lipinski definition) is 3. The van der Waals surface area contributed by atoms with Gasteiger partial charge in [0.2, 0.25) is 5.91 Å². The highest BCUT2D eigenvalue weighted by Gasteiger charge is 2.33. The molecule has 2 heterocycles. The summed E-state index contributed by atoms with van der Waals surface area (Å²) in [5.74, 6) is 0.325. The van der Waals surface area contributed by atoms with Gasteiger partial charge in [0.15, 0.2) is 0 Å². The zero-order chi connectivity index (χ0) is 21.0. The first kappa shape index (κ1) is 22.1. The Morgan fingerprint density at radius 2 is 2.03 bits per heavy atom. The van der Waals surface area contributed by atoms with Gasteiger partial charge in [0.1, 0.15) is 0 Å². The number of carbonyl (C=O) groups excluding carboxylic acids is 1. The third-order valence-electron chi connectivity index (χ3n) is 5.41. The largest absolute Gasteiger partial charge is 0.347 e. The van der Waals surface area contributed by atoms with E-state index in [9.17, 15) is 4.79 Å². The highest BCUT2D eigenvalue weighted by Crippen LogP contribution is 2.32. The Labute approximate surface area is 183 Å². The summed E-state index contributed by atoms with van der Waals surface area (Å²) in [5, 5.41) is 4.48. The van der Waals surface area contributed by atoms with E-state index >= 15 is 0 Å². The van der Waals surface area contributed by atoms with Crippen molar-refractivity contribution in [3.05, 3.63) is 63.9 Å². The summed E-state index contributed by atoms with van der Waals surface area (Å²) >= 11 is 12.6. The molecule has 0 spiro atoms. The minimum Gasteiger partial charge on any atom is -0.347 e. The number of benzene rings is 1.